The van der Waals surface area contributed by atoms with Gasteiger partial charge in [-0.15, -0.1) is 6.58 Å². The number of halogens is 2. The van der Waals surface area contributed by atoms with E-state index in [1.807, 2.05) is 6.08 Å². The first-order valence-corrected chi connectivity index (χ1v) is 6.48. The molecular weight excluding hydrogens is 232 g/mol. The van der Waals surface area contributed by atoms with E-state index in [0.29, 0.717) is 5.56 Å². The van der Waals surface area contributed by atoms with Gasteiger partial charge in [-0.2, -0.15) is 0 Å². The fourth-order valence-corrected chi connectivity index (χ4v) is 1.94. The van der Waals surface area contributed by atoms with Crippen molar-refractivity contribution in [3.05, 3.63) is 48.1 Å². The zero-order chi connectivity index (χ0) is 13.4. The Morgan fingerprint density at radius 2 is 2.17 bits per heavy atom. The van der Waals surface area contributed by atoms with E-state index in [4.69, 9.17) is 0 Å². The minimum atomic E-state index is -0.531. The fourth-order valence-electron chi connectivity index (χ4n) is 1.94. The Balaban J connectivity index is 2.76. The van der Waals surface area contributed by atoms with Crippen LogP contribution in [0.2, 0.25) is 0 Å². The van der Waals surface area contributed by atoms with Gasteiger partial charge in [-0.3, -0.25) is 0 Å². The van der Waals surface area contributed by atoms with Gasteiger partial charge in [0.1, 0.15) is 11.6 Å². The average molecular weight is 253 g/mol. The highest BCUT2D eigenvalue weighted by Crippen LogP contribution is 2.23. The molecule has 1 N–H and O–H groups in total. The number of benzene rings is 1. The molecular formula is C15H21F2N. The summed E-state index contributed by atoms with van der Waals surface area (Å²) >= 11 is 0. The van der Waals surface area contributed by atoms with Gasteiger partial charge < -0.3 is 5.32 Å². The van der Waals surface area contributed by atoms with Gasteiger partial charge in [0.15, 0.2) is 0 Å². The van der Waals surface area contributed by atoms with E-state index in [-0.39, 0.29) is 6.04 Å². The van der Waals surface area contributed by atoms with Gasteiger partial charge in [0.25, 0.3) is 0 Å². The summed E-state index contributed by atoms with van der Waals surface area (Å²) in [5.41, 5.74) is 0.550. The number of nitrogens with one attached hydrogen (secondary N) is 1. The van der Waals surface area contributed by atoms with Crippen LogP contribution in [-0.4, -0.2) is 6.54 Å². The standard InChI is InChI=1S/C15H21F2N/c1-3-5-6-7-15(18-10-4-2)13-9-8-12(16)11-14(13)17/h3,8-9,11,15,18H,1,4-7,10H2,2H3. The van der Waals surface area contributed by atoms with Crippen molar-refractivity contribution in [1.29, 1.82) is 0 Å². The lowest BCUT2D eigenvalue weighted by Crippen LogP contribution is -2.23. The highest BCUT2D eigenvalue weighted by atomic mass is 19.1. The van der Waals surface area contributed by atoms with Crippen molar-refractivity contribution in [2.75, 3.05) is 6.54 Å². The molecule has 0 aliphatic heterocycles. The molecule has 3 heteroatoms. The zero-order valence-electron chi connectivity index (χ0n) is 10.9. The third kappa shape index (κ3) is 4.57. The molecule has 1 rings (SSSR count). The molecule has 1 aromatic carbocycles. The Morgan fingerprint density at radius 3 is 2.78 bits per heavy atom. The van der Waals surface area contributed by atoms with Gasteiger partial charge in [-0.25, -0.2) is 8.78 Å². The van der Waals surface area contributed by atoms with Crippen LogP contribution >= 0.6 is 0 Å². The number of unbranched alkanes of at least 4 members (excludes halogenated alkanes) is 1. The smallest absolute Gasteiger partial charge is 0.130 e. The van der Waals surface area contributed by atoms with Crippen LogP contribution in [0.4, 0.5) is 8.78 Å². The molecule has 0 radical (unpaired) electrons. The van der Waals surface area contributed by atoms with Gasteiger partial charge in [-0.1, -0.05) is 19.1 Å². The lowest BCUT2D eigenvalue weighted by molar-refractivity contribution is 0.460. The van der Waals surface area contributed by atoms with Crippen molar-refractivity contribution in [3.63, 3.8) is 0 Å². The lowest BCUT2D eigenvalue weighted by atomic mass is 10.00. The number of hydrogen-bond donors (Lipinski definition) is 1. The number of allylic oxidation sites excluding steroid dienone is 1. The lowest BCUT2D eigenvalue weighted by Gasteiger charge is -2.19. The maximum Gasteiger partial charge on any atom is 0.130 e. The van der Waals surface area contributed by atoms with Crippen molar-refractivity contribution in [3.8, 4) is 0 Å². The van der Waals surface area contributed by atoms with Crippen LogP contribution in [0.5, 0.6) is 0 Å². The molecule has 0 saturated carbocycles. The molecule has 18 heavy (non-hydrogen) atoms. The second-order valence-electron chi connectivity index (χ2n) is 4.39. The maximum absolute atomic E-state index is 13.7. The first-order valence-electron chi connectivity index (χ1n) is 6.48. The molecule has 100 valence electrons. The molecule has 1 atom stereocenters. The van der Waals surface area contributed by atoms with E-state index in [1.54, 1.807) is 0 Å². The van der Waals surface area contributed by atoms with E-state index >= 15 is 0 Å². The van der Waals surface area contributed by atoms with Crippen LogP contribution in [0.25, 0.3) is 0 Å². The first kappa shape index (κ1) is 14.8. The van der Waals surface area contributed by atoms with Gasteiger partial charge in [0.05, 0.1) is 0 Å². The summed E-state index contributed by atoms with van der Waals surface area (Å²) in [4.78, 5) is 0. The predicted molar refractivity (Wildman–Crippen MR) is 71.4 cm³/mol. The van der Waals surface area contributed by atoms with Crippen molar-refractivity contribution < 1.29 is 8.78 Å². The second kappa shape index (κ2) is 7.98. The summed E-state index contributed by atoms with van der Waals surface area (Å²) in [7, 11) is 0. The number of rotatable bonds is 8. The highest BCUT2D eigenvalue weighted by Gasteiger charge is 2.15. The SMILES string of the molecule is C=CCCCC(NCCC)c1ccc(F)cc1F. The Labute approximate surface area is 108 Å². The Bertz CT molecular complexity index is 377. The van der Waals surface area contributed by atoms with Crippen LogP contribution in [0, 0.1) is 11.6 Å². The maximum atomic E-state index is 13.7. The van der Waals surface area contributed by atoms with Crippen molar-refractivity contribution in [2.24, 2.45) is 0 Å². The van der Waals surface area contributed by atoms with Crippen LogP contribution in [0.3, 0.4) is 0 Å². The number of hydrogen-bond acceptors (Lipinski definition) is 1. The van der Waals surface area contributed by atoms with Crippen molar-refractivity contribution >= 4 is 0 Å². The van der Waals surface area contributed by atoms with Gasteiger partial charge in [0, 0.05) is 17.7 Å². The summed E-state index contributed by atoms with van der Waals surface area (Å²) in [5, 5.41) is 3.31. The fraction of sp³-hybridized carbons (Fsp3) is 0.467. The van der Waals surface area contributed by atoms with Gasteiger partial charge in [0.2, 0.25) is 0 Å². The topological polar surface area (TPSA) is 12.0 Å². The van der Waals surface area contributed by atoms with Crippen LogP contribution < -0.4 is 5.32 Å². The third-order valence-electron chi connectivity index (χ3n) is 2.88. The monoisotopic (exact) mass is 253 g/mol. The Hall–Kier alpha value is -1.22. The predicted octanol–water partition coefficient (Wildman–Crippen LogP) is 4.36. The normalized spacial score (nSPS) is 12.4. The zero-order valence-corrected chi connectivity index (χ0v) is 10.9. The molecule has 0 amide bonds. The quantitative estimate of drug-likeness (QED) is 0.536. The second-order valence-corrected chi connectivity index (χ2v) is 4.39. The van der Waals surface area contributed by atoms with Gasteiger partial charge >= 0.3 is 0 Å². The molecule has 0 aliphatic rings. The summed E-state index contributed by atoms with van der Waals surface area (Å²) < 4.78 is 26.6. The van der Waals surface area contributed by atoms with Crippen LogP contribution in [-0.2, 0) is 0 Å². The minimum absolute atomic E-state index is 0.0505. The molecule has 0 fully saturated rings. The molecule has 1 aromatic rings. The average Bonchev–Trinajstić information content (AvgIpc) is 2.34. The van der Waals surface area contributed by atoms with Crippen molar-refractivity contribution in [1.82, 2.24) is 5.32 Å². The van der Waals surface area contributed by atoms with Crippen LogP contribution in [0.1, 0.15) is 44.2 Å². The molecule has 0 saturated heterocycles. The van der Waals surface area contributed by atoms with E-state index in [0.717, 1.165) is 38.3 Å². The van der Waals surface area contributed by atoms with E-state index < -0.39 is 11.6 Å². The Kier molecular flexibility index (Phi) is 6.58. The van der Waals surface area contributed by atoms with Gasteiger partial charge in [-0.05, 0) is 38.3 Å². The van der Waals surface area contributed by atoms with E-state index in [2.05, 4.69) is 18.8 Å². The third-order valence-corrected chi connectivity index (χ3v) is 2.88. The largest absolute Gasteiger partial charge is 0.310 e. The Morgan fingerprint density at radius 1 is 1.39 bits per heavy atom. The van der Waals surface area contributed by atoms with Crippen LogP contribution in [0.15, 0.2) is 30.9 Å². The molecule has 1 nitrogen and oxygen atoms in total. The van der Waals surface area contributed by atoms with Crippen molar-refractivity contribution in [2.45, 2.75) is 38.6 Å². The van der Waals surface area contributed by atoms with E-state index in [1.165, 1.54) is 12.1 Å². The summed E-state index contributed by atoms with van der Waals surface area (Å²) in [5.74, 6) is -1.00. The molecule has 0 aliphatic carbocycles. The molecule has 0 heterocycles. The molecule has 0 bridgehead atoms. The minimum Gasteiger partial charge on any atom is -0.310 e. The van der Waals surface area contributed by atoms with E-state index in [9.17, 15) is 8.78 Å². The summed E-state index contributed by atoms with van der Waals surface area (Å²) in [6.45, 7) is 6.57. The molecule has 0 spiro atoms. The first-order chi connectivity index (χ1) is 8.69. The summed E-state index contributed by atoms with van der Waals surface area (Å²) in [6.07, 6.45) is 5.53. The molecule has 0 aromatic heterocycles. The summed E-state index contributed by atoms with van der Waals surface area (Å²) in [6, 6.07) is 3.74. The molecule has 1 unspecified atom stereocenters. The highest BCUT2D eigenvalue weighted by molar-refractivity contribution is 5.22.